The highest BCUT2D eigenvalue weighted by Crippen LogP contribution is 2.27. The van der Waals surface area contributed by atoms with E-state index in [4.69, 9.17) is 10.5 Å². The number of esters is 1. The molecule has 20 heavy (non-hydrogen) atoms. The summed E-state index contributed by atoms with van der Waals surface area (Å²) in [6, 6.07) is 3.56. The summed E-state index contributed by atoms with van der Waals surface area (Å²) in [4.78, 5) is 22.3. The number of benzene rings is 1. The van der Waals surface area contributed by atoms with Crippen LogP contribution in [0.15, 0.2) is 18.2 Å². The van der Waals surface area contributed by atoms with E-state index in [1.807, 2.05) is 0 Å². The molecule has 8 heteroatoms. The van der Waals surface area contributed by atoms with Crippen molar-refractivity contribution in [1.29, 1.82) is 0 Å². The molecule has 7 nitrogen and oxygen atoms in total. The van der Waals surface area contributed by atoms with Crippen molar-refractivity contribution in [3.63, 3.8) is 0 Å². The van der Waals surface area contributed by atoms with Gasteiger partial charge in [-0.2, -0.15) is 0 Å². The van der Waals surface area contributed by atoms with Crippen LogP contribution in [0.4, 0.5) is 4.79 Å². The summed E-state index contributed by atoms with van der Waals surface area (Å²) in [5.41, 5.74) is 6.25. The number of ether oxygens (including phenoxy) is 2. The van der Waals surface area contributed by atoms with Crippen LogP contribution in [0.2, 0.25) is 0 Å². The van der Waals surface area contributed by atoms with Crippen molar-refractivity contribution < 1.29 is 36.6 Å². The van der Waals surface area contributed by atoms with E-state index in [1.165, 1.54) is 26.3 Å². The molecule has 0 bridgehead atoms. The number of rotatable bonds is 4. The zero-order valence-electron chi connectivity index (χ0n) is 11.1. The minimum atomic E-state index is -0.817. The van der Waals surface area contributed by atoms with Gasteiger partial charge in [0.05, 0.1) is 7.11 Å². The summed E-state index contributed by atoms with van der Waals surface area (Å²) >= 11 is 0. The molecule has 112 valence electrons. The van der Waals surface area contributed by atoms with Crippen molar-refractivity contribution >= 4 is 12.1 Å². The van der Waals surface area contributed by atoms with Gasteiger partial charge in [-0.15, -0.1) is 0 Å². The molecule has 1 aromatic carbocycles. The third kappa shape index (κ3) is 4.94. The Morgan fingerprint density at radius 3 is 2.65 bits per heavy atom. The molecule has 0 aliphatic rings. The molecule has 1 rings (SSSR count). The van der Waals surface area contributed by atoms with E-state index in [9.17, 15) is 14.7 Å². The number of carbonyl (C=O) groups is 2. The van der Waals surface area contributed by atoms with Crippen LogP contribution in [0.1, 0.15) is 5.56 Å². The van der Waals surface area contributed by atoms with Crippen molar-refractivity contribution in [1.82, 2.24) is 5.32 Å². The highest BCUT2D eigenvalue weighted by atomic mass is 35.5. The standard InChI is InChI=1S/C12H16N2O5.ClH/c1-14-12(17)19-10-6-7(3-4-9(10)15)5-8(13)11(16)18-2;/h3-4,6,8,15H,5,13H2,1-2H3,(H,14,17);1H/p-1/t8-;/m0./s1. The van der Waals surface area contributed by atoms with Gasteiger partial charge in [0.15, 0.2) is 11.5 Å². The monoisotopic (exact) mass is 303 g/mol. The highest BCUT2D eigenvalue weighted by Gasteiger charge is 2.16. The summed E-state index contributed by atoms with van der Waals surface area (Å²) in [5.74, 6) is -0.727. The van der Waals surface area contributed by atoms with E-state index in [-0.39, 0.29) is 30.3 Å². The maximum Gasteiger partial charge on any atom is 0.412 e. The van der Waals surface area contributed by atoms with Gasteiger partial charge in [-0.1, -0.05) is 6.07 Å². The molecular formula is C12H16ClN2O5-. The smallest absolute Gasteiger partial charge is 0.412 e. The fraction of sp³-hybridized carbons (Fsp3) is 0.333. The first-order chi connectivity index (χ1) is 8.97. The van der Waals surface area contributed by atoms with Crippen LogP contribution in [0.3, 0.4) is 0 Å². The Hall–Kier alpha value is -1.99. The fourth-order valence-corrected chi connectivity index (χ4v) is 1.41. The summed E-state index contributed by atoms with van der Waals surface area (Å²) in [7, 11) is 2.65. The van der Waals surface area contributed by atoms with Gasteiger partial charge in [-0.3, -0.25) is 4.79 Å². The van der Waals surface area contributed by atoms with E-state index in [0.29, 0.717) is 5.56 Å². The Labute approximate surface area is 122 Å². The molecule has 0 aliphatic heterocycles. The molecule has 1 aromatic rings. The lowest BCUT2D eigenvalue weighted by Crippen LogP contribution is -3.00. The number of carbonyl (C=O) groups excluding carboxylic acids is 2. The quantitative estimate of drug-likeness (QED) is 0.517. The second-order valence-corrected chi connectivity index (χ2v) is 3.78. The van der Waals surface area contributed by atoms with Gasteiger partial charge in [-0.05, 0) is 24.1 Å². The average Bonchev–Trinajstić information content (AvgIpc) is 2.41. The van der Waals surface area contributed by atoms with Crippen LogP contribution in [-0.4, -0.2) is 37.4 Å². The molecule has 1 amide bonds. The third-order valence-electron chi connectivity index (χ3n) is 2.39. The van der Waals surface area contributed by atoms with Gasteiger partial charge in [0.2, 0.25) is 0 Å². The zero-order chi connectivity index (χ0) is 14.4. The topological polar surface area (TPSA) is 111 Å². The first-order valence-corrected chi connectivity index (χ1v) is 5.52. The Morgan fingerprint density at radius 2 is 2.10 bits per heavy atom. The second-order valence-electron chi connectivity index (χ2n) is 3.78. The lowest BCUT2D eigenvalue weighted by atomic mass is 10.1. The number of phenolic OH excluding ortho intramolecular Hbond substituents is 1. The molecule has 0 aromatic heterocycles. The molecule has 0 fully saturated rings. The minimum absolute atomic E-state index is 0. The number of phenols is 1. The largest absolute Gasteiger partial charge is 1.00 e. The molecule has 0 unspecified atom stereocenters. The molecule has 0 aliphatic carbocycles. The van der Waals surface area contributed by atoms with E-state index >= 15 is 0 Å². The van der Waals surface area contributed by atoms with E-state index in [2.05, 4.69) is 10.1 Å². The van der Waals surface area contributed by atoms with Gasteiger partial charge in [0, 0.05) is 7.05 Å². The minimum Gasteiger partial charge on any atom is -1.00 e. The van der Waals surface area contributed by atoms with Crippen molar-refractivity contribution in [2.24, 2.45) is 5.73 Å². The number of halogens is 1. The first kappa shape index (κ1) is 18.0. The number of hydrogen-bond acceptors (Lipinski definition) is 6. The normalized spacial score (nSPS) is 10.9. The Bertz CT molecular complexity index is 481. The molecule has 0 spiro atoms. The second kappa shape index (κ2) is 8.23. The van der Waals surface area contributed by atoms with Gasteiger partial charge in [0.1, 0.15) is 6.04 Å². The first-order valence-electron chi connectivity index (χ1n) is 5.52. The number of methoxy groups -OCH3 is 1. The molecule has 0 saturated heterocycles. The molecular weight excluding hydrogens is 288 g/mol. The zero-order valence-corrected chi connectivity index (χ0v) is 11.8. The molecule has 4 N–H and O–H groups in total. The third-order valence-corrected chi connectivity index (χ3v) is 2.39. The Kier molecular flexibility index (Phi) is 7.42. The van der Waals surface area contributed by atoms with Crippen LogP contribution in [0, 0.1) is 0 Å². The van der Waals surface area contributed by atoms with Gasteiger partial charge in [0.25, 0.3) is 0 Å². The summed E-state index contributed by atoms with van der Waals surface area (Å²) < 4.78 is 9.36. The van der Waals surface area contributed by atoms with E-state index in [1.54, 1.807) is 6.07 Å². The van der Waals surface area contributed by atoms with Crippen LogP contribution >= 0.6 is 0 Å². The van der Waals surface area contributed by atoms with Gasteiger partial charge in [-0.25, -0.2) is 4.79 Å². The van der Waals surface area contributed by atoms with Crippen molar-refractivity contribution in [3.8, 4) is 11.5 Å². The van der Waals surface area contributed by atoms with Gasteiger partial charge >= 0.3 is 12.1 Å². The van der Waals surface area contributed by atoms with Crippen LogP contribution in [0.25, 0.3) is 0 Å². The molecule has 0 heterocycles. The van der Waals surface area contributed by atoms with Crippen molar-refractivity contribution in [2.45, 2.75) is 12.5 Å². The maximum absolute atomic E-state index is 11.2. The lowest BCUT2D eigenvalue weighted by Gasteiger charge is -2.11. The summed E-state index contributed by atoms with van der Waals surface area (Å²) in [5, 5.41) is 11.8. The molecule has 1 atom stereocenters. The van der Waals surface area contributed by atoms with Crippen molar-refractivity contribution in [3.05, 3.63) is 23.8 Å². The fourth-order valence-electron chi connectivity index (χ4n) is 1.41. The number of nitrogens with two attached hydrogens (primary N) is 1. The Morgan fingerprint density at radius 1 is 1.45 bits per heavy atom. The SMILES string of the molecule is CNC(=O)Oc1cc(C[C@H](N)C(=O)OC)ccc1O.[Cl-]. The highest BCUT2D eigenvalue weighted by molar-refractivity contribution is 5.76. The van der Waals surface area contributed by atoms with E-state index in [0.717, 1.165) is 0 Å². The van der Waals surface area contributed by atoms with Crippen molar-refractivity contribution in [2.75, 3.05) is 14.2 Å². The number of hydrogen-bond donors (Lipinski definition) is 3. The van der Waals surface area contributed by atoms with Crippen LogP contribution < -0.4 is 28.2 Å². The predicted octanol–water partition coefficient (Wildman–Crippen LogP) is -2.84. The number of amides is 1. The molecule has 0 radical (unpaired) electrons. The number of aromatic hydroxyl groups is 1. The maximum atomic E-state index is 11.2. The van der Waals surface area contributed by atoms with Gasteiger partial charge < -0.3 is 38.0 Å². The van der Waals surface area contributed by atoms with Crippen LogP contribution in [-0.2, 0) is 16.0 Å². The summed E-state index contributed by atoms with van der Waals surface area (Å²) in [6.07, 6.45) is -0.499. The number of nitrogens with one attached hydrogen (secondary N) is 1. The predicted molar refractivity (Wildman–Crippen MR) is 66.9 cm³/mol. The Balaban J connectivity index is 0.00000361. The van der Waals surface area contributed by atoms with Crippen LogP contribution in [0.5, 0.6) is 11.5 Å². The summed E-state index contributed by atoms with van der Waals surface area (Å²) in [6.45, 7) is 0. The average molecular weight is 304 g/mol. The molecule has 0 saturated carbocycles. The van der Waals surface area contributed by atoms with E-state index < -0.39 is 18.1 Å². The lowest BCUT2D eigenvalue weighted by molar-refractivity contribution is -0.142.